The summed E-state index contributed by atoms with van der Waals surface area (Å²) in [6, 6.07) is 8.46. The molecule has 1 heterocycles. The maximum atomic E-state index is 10.1. The molecule has 1 unspecified atom stereocenters. The lowest BCUT2D eigenvalue weighted by molar-refractivity contribution is 0.123. The molecular formula is C17H28N2O. The van der Waals surface area contributed by atoms with E-state index in [-0.39, 0.29) is 6.04 Å². The van der Waals surface area contributed by atoms with Gasteiger partial charge >= 0.3 is 0 Å². The average Bonchev–Trinajstić information content (AvgIpc) is 2.45. The van der Waals surface area contributed by atoms with Crippen molar-refractivity contribution in [3.8, 4) is 5.75 Å². The minimum Gasteiger partial charge on any atom is -0.508 e. The molecule has 0 bridgehead atoms. The Hall–Kier alpha value is -1.06. The van der Waals surface area contributed by atoms with Gasteiger partial charge in [0.15, 0.2) is 0 Å². The molecule has 0 aliphatic carbocycles. The van der Waals surface area contributed by atoms with E-state index in [9.17, 15) is 5.11 Å². The van der Waals surface area contributed by atoms with Crippen molar-refractivity contribution in [2.75, 3.05) is 19.6 Å². The normalized spacial score (nSPS) is 18.6. The summed E-state index contributed by atoms with van der Waals surface area (Å²) in [4.78, 5) is 2.52. The zero-order valence-corrected chi connectivity index (χ0v) is 13.0. The third-order valence-corrected chi connectivity index (χ3v) is 4.48. The summed E-state index contributed by atoms with van der Waals surface area (Å²) in [7, 11) is 0. The van der Waals surface area contributed by atoms with Crippen LogP contribution in [0.5, 0.6) is 5.75 Å². The predicted octanol–water partition coefficient (Wildman–Crippen LogP) is 3.16. The van der Waals surface area contributed by atoms with Crippen LogP contribution in [0.1, 0.15) is 45.2 Å². The Morgan fingerprint density at radius 1 is 1.20 bits per heavy atom. The molecule has 1 saturated heterocycles. The zero-order chi connectivity index (χ0) is 14.5. The maximum Gasteiger partial charge on any atom is 0.120 e. The van der Waals surface area contributed by atoms with Gasteiger partial charge in [0.25, 0.3) is 0 Å². The molecule has 1 aromatic carbocycles. The van der Waals surface area contributed by atoms with Gasteiger partial charge in [0.05, 0.1) is 0 Å². The molecular weight excluding hydrogens is 248 g/mol. The molecule has 0 spiro atoms. The molecule has 112 valence electrons. The van der Waals surface area contributed by atoms with E-state index in [1.165, 1.54) is 12.8 Å². The van der Waals surface area contributed by atoms with Crippen molar-refractivity contribution < 1.29 is 5.11 Å². The Kier molecular flexibility index (Phi) is 5.44. The third kappa shape index (κ3) is 3.74. The van der Waals surface area contributed by atoms with Gasteiger partial charge in [-0.2, -0.15) is 0 Å². The molecule has 0 aromatic heterocycles. The van der Waals surface area contributed by atoms with E-state index in [0.717, 1.165) is 31.1 Å². The lowest BCUT2D eigenvalue weighted by Crippen LogP contribution is -2.40. The molecule has 2 rings (SSSR count). The van der Waals surface area contributed by atoms with Crippen LogP contribution in [0.3, 0.4) is 0 Å². The highest BCUT2D eigenvalue weighted by molar-refractivity contribution is 5.34. The van der Waals surface area contributed by atoms with E-state index in [1.807, 2.05) is 18.2 Å². The first-order valence-electron chi connectivity index (χ1n) is 7.84. The minimum atomic E-state index is 0.256. The SMILES string of the molecule is CC(C)N(CC1CCNCC1)C(C)c1ccccc1O. The number of nitrogens with one attached hydrogen (secondary N) is 1. The van der Waals surface area contributed by atoms with Gasteiger partial charge in [0.1, 0.15) is 5.75 Å². The van der Waals surface area contributed by atoms with E-state index < -0.39 is 0 Å². The molecule has 0 radical (unpaired) electrons. The van der Waals surface area contributed by atoms with Gasteiger partial charge in [-0.3, -0.25) is 4.90 Å². The summed E-state index contributed by atoms with van der Waals surface area (Å²) in [6.07, 6.45) is 2.52. The summed E-state index contributed by atoms with van der Waals surface area (Å²) in [6.45, 7) is 10.1. The summed E-state index contributed by atoms with van der Waals surface area (Å²) in [5, 5.41) is 13.5. The number of nitrogens with zero attached hydrogens (tertiary/aromatic N) is 1. The standard InChI is InChI=1S/C17H28N2O/c1-13(2)19(12-15-8-10-18-11-9-15)14(3)16-6-4-5-7-17(16)20/h4-7,13-15,18,20H,8-12H2,1-3H3. The molecule has 1 aromatic rings. The number of rotatable bonds is 5. The lowest BCUT2D eigenvalue weighted by Gasteiger charge is -2.37. The summed E-state index contributed by atoms with van der Waals surface area (Å²) in [5.74, 6) is 1.18. The van der Waals surface area contributed by atoms with Crippen LogP contribution in [-0.2, 0) is 0 Å². The first-order chi connectivity index (χ1) is 9.59. The lowest BCUT2D eigenvalue weighted by atomic mass is 9.95. The van der Waals surface area contributed by atoms with E-state index in [4.69, 9.17) is 0 Å². The molecule has 0 amide bonds. The Morgan fingerprint density at radius 2 is 1.85 bits per heavy atom. The second-order valence-electron chi connectivity index (χ2n) is 6.22. The highest BCUT2D eigenvalue weighted by Crippen LogP contribution is 2.30. The predicted molar refractivity (Wildman–Crippen MR) is 84.0 cm³/mol. The molecule has 3 nitrogen and oxygen atoms in total. The van der Waals surface area contributed by atoms with Gasteiger partial charge in [0, 0.05) is 24.2 Å². The van der Waals surface area contributed by atoms with Crippen molar-refractivity contribution in [2.45, 2.75) is 45.7 Å². The number of benzene rings is 1. The first kappa shape index (κ1) is 15.3. The number of para-hydroxylation sites is 1. The first-order valence-corrected chi connectivity index (χ1v) is 7.84. The highest BCUT2D eigenvalue weighted by atomic mass is 16.3. The van der Waals surface area contributed by atoms with E-state index in [0.29, 0.717) is 11.8 Å². The molecule has 3 heteroatoms. The van der Waals surface area contributed by atoms with Crippen LogP contribution in [0.25, 0.3) is 0 Å². The Bertz CT molecular complexity index is 413. The smallest absolute Gasteiger partial charge is 0.120 e. The fraction of sp³-hybridized carbons (Fsp3) is 0.647. The van der Waals surface area contributed by atoms with Crippen molar-refractivity contribution in [2.24, 2.45) is 5.92 Å². The Balaban J connectivity index is 2.09. The van der Waals surface area contributed by atoms with E-state index >= 15 is 0 Å². The molecule has 1 atom stereocenters. The number of hydrogen-bond acceptors (Lipinski definition) is 3. The number of phenols is 1. The van der Waals surface area contributed by atoms with Gasteiger partial charge in [-0.15, -0.1) is 0 Å². The quantitative estimate of drug-likeness (QED) is 0.867. The van der Waals surface area contributed by atoms with Gasteiger partial charge in [-0.25, -0.2) is 0 Å². The van der Waals surface area contributed by atoms with Crippen molar-refractivity contribution in [1.29, 1.82) is 0 Å². The van der Waals surface area contributed by atoms with Crippen molar-refractivity contribution in [3.05, 3.63) is 29.8 Å². The molecule has 0 saturated carbocycles. The van der Waals surface area contributed by atoms with Crippen LogP contribution in [0.4, 0.5) is 0 Å². The second-order valence-corrected chi connectivity index (χ2v) is 6.22. The number of aromatic hydroxyl groups is 1. The monoisotopic (exact) mass is 276 g/mol. The third-order valence-electron chi connectivity index (χ3n) is 4.48. The second kappa shape index (κ2) is 7.09. The van der Waals surface area contributed by atoms with Crippen LogP contribution in [0.15, 0.2) is 24.3 Å². The van der Waals surface area contributed by atoms with Crippen molar-refractivity contribution >= 4 is 0 Å². The number of piperidine rings is 1. The van der Waals surface area contributed by atoms with E-state index in [1.54, 1.807) is 6.07 Å². The molecule has 1 aliphatic rings. The highest BCUT2D eigenvalue weighted by Gasteiger charge is 2.24. The summed E-state index contributed by atoms with van der Waals surface area (Å²) in [5.41, 5.74) is 1.04. The van der Waals surface area contributed by atoms with Crippen molar-refractivity contribution in [3.63, 3.8) is 0 Å². The molecule has 1 fully saturated rings. The number of hydrogen-bond donors (Lipinski definition) is 2. The van der Waals surface area contributed by atoms with E-state index in [2.05, 4.69) is 31.0 Å². The molecule has 20 heavy (non-hydrogen) atoms. The zero-order valence-electron chi connectivity index (χ0n) is 13.0. The average molecular weight is 276 g/mol. The molecule has 1 aliphatic heterocycles. The Morgan fingerprint density at radius 3 is 2.45 bits per heavy atom. The topological polar surface area (TPSA) is 35.5 Å². The van der Waals surface area contributed by atoms with Gasteiger partial charge in [-0.1, -0.05) is 18.2 Å². The van der Waals surface area contributed by atoms with Crippen LogP contribution in [0, 0.1) is 5.92 Å². The van der Waals surface area contributed by atoms with Crippen molar-refractivity contribution in [1.82, 2.24) is 10.2 Å². The van der Waals surface area contributed by atoms with Gasteiger partial charge < -0.3 is 10.4 Å². The van der Waals surface area contributed by atoms with Crippen LogP contribution < -0.4 is 5.32 Å². The maximum absolute atomic E-state index is 10.1. The van der Waals surface area contributed by atoms with Crippen LogP contribution in [0.2, 0.25) is 0 Å². The van der Waals surface area contributed by atoms with Gasteiger partial charge in [-0.05, 0) is 58.7 Å². The van der Waals surface area contributed by atoms with Crippen LogP contribution >= 0.6 is 0 Å². The fourth-order valence-electron chi connectivity index (χ4n) is 3.20. The largest absolute Gasteiger partial charge is 0.508 e. The minimum absolute atomic E-state index is 0.256. The van der Waals surface area contributed by atoms with Crippen LogP contribution in [-0.4, -0.2) is 35.7 Å². The summed E-state index contributed by atoms with van der Waals surface area (Å²) < 4.78 is 0. The fourth-order valence-corrected chi connectivity index (χ4v) is 3.20. The number of phenolic OH excluding ortho intramolecular Hbond substituents is 1. The molecule has 2 N–H and O–H groups in total. The van der Waals surface area contributed by atoms with Gasteiger partial charge in [0.2, 0.25) is 0 Å². The Labute approximate surface area is 123 Å². The summed E-state index contributed by atoms with van der Waals surface area (Å²) >= 11 is 0.